The molecule has 2 unspecified atom stereocenters. The molecule has 1 N–H and O–H groups in total. The zero-order chi connectivity index (χ0) is 15.0. The van der Waals surface area contributed by atoms with E-state index in [0.29, 0.717) is 16.7 Å². The first kappa shape index (κ1) is 16.3. The van der Waals surface area contributed by atoms with E-state index >= 15 is 0 Å². The maximum absolute atomic E-state index is 10.3. The third kappa shape index (κ3) is 3.40. The summed E-state index contributed by atoms with van der Waals surface area (Å²) in [5.41, 5.74) is 0.904. The van der Waals surface area contributed by atoms with E-state index < -0.39 is 0 Å². The molecule has 0 aliphatic heterocycles. The molecule has 118 valence electrons. The standard InChI is InChI=1S/C19H36O/c1-14(8-6-12-18(2,3)4)15-10-11-16-17(20)9-7-13-19(15,16)5/h14-17,20H,6-13H2,1-5H3/t14?,15?,16-,17-,19+/m0/s1. The molecule has 2 aliphatic carbocycles. The van der Waals surface area contributed by atoms with E-state index in [4.69, 9.17) is 0 Å². The molecule has 2 aliphatic rings. The number of hydrogen-bond donors (Lipinski definition) is 1. The van der Waals surface area contributed by atoms with Crippen LogP contribution in [0.3, 0.4) is 0 Å². The zero-order valence-corrected chi connectivity index (χ0v) is 14.4. The van der Waals surface area contributed by atoms with Crippen LogP contribution in [-0.4, -0.2) is 11.2 Å². The fraction of sp³-hybridized carbons (Fsp3) is 1.00. The first-order chi connectivity index (χ1) is 9.24. The molecule has 0 radical (unpaired) electrons. The number of rotatable bonds is 4. The summed E-state index contributed by atoms with van der Waals surface area (Å²) in [7, 11) is 0. The summed E-state index contributed by atoms with van der Waals surface area (Å²) in [6.45, 7) is 12.0. The highest BCUT2D eigenvalue weighted by Gasteiger charge is 2.51. The zero-order valence-electron chi connectivity index (χ0n) is 14.4. The highest BCUT2D eigenvalue weighted by molar-refractivity contribution is 5.01. The second-order valence-corrected chi connectivity index (χ2v) is 9.19. The van der Waals surface area contributed by atoms with E-state index in [0.717, 1.165) is 18.3 Å². The lowest BCUT2D eigenvalue weighted by Gasteiger charge is -2.45. The van der Waals surface area contributed by atoms with Crippen molar-refractivity contribution >= 4 is 0 Å². The van der Waals surface area contributed by atoms with Gasteiger partial charge in [0, 0.05) is 0 Å². The normalized spacial score (nSPS) is 39.6. The van der Waals surface area contributed by atoms with Crippen molar-refractivity contribution in [1.29, 1.82) is 0 Å². The van der Waals surface area contributed by atoms with Crippen molar-refractivity contribution in [3.05, 3.63) is 0 Å². The lowest BCUT2D eigenvalue weighted by atomic mass is 9.61. The van der Waals surface area contributed by atoms with Gasteiger partial charge >= 0.3 is 0 Å². The summed E-state index contributed by atoms with van der Waals surface area (Å²) >= 11 is 0. The predicted molar refractivity (Wildman–Crippen MR) is 86.6 cm³/mol. The van der Waals surface area contributed by atoms with E-state index in [9.17, 15) is 5.11 Å². The fourth-order valence-corrected chi connectivity index (χ4v) is 5.28. The molecule has 0 amide bonds. The van der Waals surface area contributed by atoms with E-state index in [1.807, 2.05) is 0 Å². The topological polar surface area (TPSA) is 20.2 Å². The average molecular weight is 280 g/mol. The van der Waals surface area contributed by atoms with Gasteiger partial charge in [-0.25, -0.2) is 0 Å². The molecule has 2 rings (SSSR count). The second-order valence-electron chi connectivity index (χ2n) is 9.19. The summed E-state index contributed by atoms with van der Waals surface area (Å²) in [4.78, 5) is 0. The van der Waals surface area contributed by atoms with Gasteiger partial charge in [-0.15, -0.1) is 0 Å². The number of hydrogen-bond acceptors (Lipinski definition) is 1. The fourth-order valence-electron chi connectivity index (χ4n) is 5.28. The van der Waals surface area contributed by atoms with Crippen molar-refractivity contribution in [3.63, 3.8) is 0 Å². The molecule has 20 heavy (non-hydrogen) atoms. The van der Waals surface area contributed by atoms with Gasteiger partial charge in [0.05, 0.1) is 6.10 Å². The van der Waals surface area contributed by atoms with Crippen LogP contribution >= 0.6 is 0 Å². The number of aliphatic hydroxyl groups is 1. The molecule has 2 fully saturated rings. The van der Waals surface area contributed by atoms with Crippen molar-refractivity contribution in [2.45, 2.75) is 92.1 Å². The second kappa shape index (κ2) is 5.99. The van der Waals surface area contributed by atoms with Gasteiger partial charge in [0.1, 0.15) is 0 Å². The van der Waals surface area contributed by atoms with E-state index in [1.54, 1.807) is 0 Å². The molecule has 0 heterocycles. The average Bonchev–Trinajstić information content (AvgIpc) is 2.66. The van der Waals surface area contributed by atoms with Gasteiger partial charge in [0.25, 0.3) is 0 Å². The third-order valence-corrected chi connectivity index (χ3v) is 6.44. The monoisotopic (exact) mass is 280 g/mol. The summed E-state index contributed by atoms with van der Waals surface area (Å²) < 4.78 is 0. The Kier molecular flexibility index (Phi) is 4.89. The van der Waals surface area contributed by atoms with Crippen molar-refractivity contribution in [2.75, 3.05) is 0 Å². The maximum atomic E-state index is 10.3. The molecule has 1 heteroatoms. The van der Waals surface area contributed by atoms with Crippen LogP contribution < -0.4 is 0 Å². The maximum Gasteiger partial charge on any atom is 0.0573 e. The van der Waals surface area contributed by atoms with Crippen molar-refractivity contribution in [3.8, 4) is 0 Å². The number of aliphatic hydroxyl groups excluding tert-OH is 1. The minimum absolute atomic E-state index is 0.0134. The van der Waals surface area contributed by atoms with Crippen LogP contribution in [-0.2, 0) is 0 Å². The lowest BCUT2D eigenvalue weighted by Crippen LogP contribution is -2.41. The smallest absolute Gasteiger partial charge is 0.0573 e. The summed E-state index contributed by atoms with van der Waals surface area (Å²) in [5, 5.41) is 10.3. The van der Waals surface area contributed by atoms with Crippen LogP contribution in [0.5, 0.6) is 0 Å². The van der Waals surface area contributed by atoms with Gasteiger partial charge in [0.15, 0.2) is 0 Å². The molecule has 0 spiro atoms. The highest BCUT2D eigenvalue weighted by atomic mass is 16.3. The highest BCUT2D eigenvalue weighted by Crippen LogP contribution is 2.58. The largest absolute Gasteiger partial charge is 0.393 e. The molecule has 5 atom stereocenters. The molecule has 0 aromatic carbocycles. The van der Waals surface area contributed by atoms with Gasteiger partial charge in [-0.3, -0.25) is 0 Å². The van der Waals surface area contributed by atoms with Crippen LogP contribution in [0.15, 0.2) is 0 Å². The Bertz CT molecular complexity index is 316. The van der Waals surface area contributed by atoms with E-state index in [-0.39, 0.29) is 6.10 Å². The van der Waals surface area contributed by atoms with Crippen molar-refractivity contribution in [1.82, 2.24) is 0 Å². The summed E-state index contributed by atoms with van der Waals surface area (Å²) in [5.74, 6) is 2.27. The molecule has 0 saturated heterocycles. The van der Waals surface area contributed by atoms with Crippen LogP contribution in [0.1, 0.15) is 86.0 Å². The Balaban J connectivity index is 1.92. The first-order valence-corrected chi connectivity index (χ1v) is 8.92. The Morgan fingerprint density at radius 2 is 1.90 bits per heavy atom. The molecule has 0 aromatic rings. The van der Waals surface area contributed by atoms with E-state index in [2.05, 4.69) is 34.6 Å². The first-order valence-electron chi connectivity index (χ1n) is 8.92. The summed E-state index contributed by atoms with van der Waals surface area (Å²) in [6.07, 6.45) is 10.3. The molecular weight excluding hydrogens is 244 g/mol. The van der Waals surface area contributed by atoms with Gasteiger partial charge < -0.3 is 5.11 Å². The Labute approximate surface area is 126 Å². The molecule has 0 aromatic heterocycles. The van der Waals surface area contributed by atoms with Gasteiger partial charge in [-0.05, 0) is 60.7 Å². The van der Waals surface area contributed by atoms with Gasteiger partial charge in [-0.2, -0.15) is 0 Å². The Morgan fingerprint density at radius 3 is 2.55 bits per heavy atom. The Morgan fingerprint density at radius 1 is 1.20 bits per heavy atom. The SMILES string of the molecule is CC(CCCC(C)(C)C)C1CC[C@H]2[C@@H](O)CCC[C@]12C. The van der Waals surface area contributed by atoms with Crippen molar-refractivity contribution in [2.24, 2.45) is 28.6 Å². The van der Waals surface area contributed by atoms with Crippen LogP contribution in [0.4, 0.5) is 0 Å². The lowest BCUT2D eigenvalue weighted by molar-refractivity contribution is -0.0279. The molecule has 1 nitrogen and oxygen atoms in total. The van der Waals surface area contributed by atoms with Crippen molar-refractivity contribution < 1.29 is 5.11 Å². The van der Waals surface area contributed by atoms with Crippen LogP contribution in [0, 0.1) is 28.6 Å². The molecule has 2 saturated carbocycles. The summed E-state index contributed by atoms with van der Waals surface area (Å²) in [6, 6.07) is 0. The molecular formula is C19H36O. The van der Waals surface area contributed by atoms with Gasteiger partial charge in [-0.1, -0.05) is 53.9 Å². The third-order valence-electron chi connectivity index (χ3n) is 6.44. The Hall–Kier alpha value is -0.0400. The predicted octanol–water partition coefficient (Wildman–Crippen LogP) is 5.42. The van der Waals surface area contributed by atoms with Gasteiger partial charge in [0.2, 0.25) is 0 Å². The van der Waals surface area contributed by atoms with Crippen LogP contribution in [0.25, 0.3) is 0 Å². The van der Waals surface area contributed by atoms with E-state index in [1.165, 1.54) is 44.9 Å². The molecule has 0 bridgehead atoms. The quantitative estimate of drug-likeness (QED) is 0.729. The van der Waals surface area contributed by atoms with Crippen LogP contribution in [0.2, 0.25) is 0 Å². The minimum Gasteiger partial charge on any atom is -0.393 e. The minimum atomic E-state index is -0.0134. The number of fused-ring (bicyclic) bond motifs is 1.